The number of fused-ring (bicyclic) bond motifs is 1. The fourth-order valence-electron chi connectivity index (χ4n) is 4.24. The minimum Gasteiger partial charge on any atom is -0.487 e. The van der Waals surface area contributed by atoms with Gasteiger partial charge in [0.05, 0.1) is 17.3 Å². The lowest BCUT2D eigenvalue weighted by atomic mass is 10.1. The maximum atomic E-state index is 12.9. The Morgan fingerprint density at radius 3 is 2.58 bits per heavy atom. The van der Waals surface area contributed by atoms with Gasteiger partial charge < -0.3 is 15.0 Å². The summed E-state index contributed by atoms with van der Waals surface area (Å²) in [4.78, 5) is 43.5. The summed E-state index contributed by atoms with van der Waals surface area (Å²) < 4.78 is 6.07. The number of H-pyrrole nitrogens is 1. The number of amides is 3. The Labute approximate surface area is 267 Å². The number of aryl methyl sites for hydroxylation is 1. The van der Waals surface area contributed by atoms with E-state index in [0.29, 0.717) is 33.1 Å². The highest BCUT2D eigenvalue weighted by Crippen LogP contribution is 2.35. The number of para-hydroxylation sites is 1. The maximum absolute atomic E-state index is 12.9. The first-order valence-corrected chi connectivity index (χ1v) is 14.3. The van der Waals surface area contributed by atoms with Gasteiger partial charge in [0.25, 0.3) is 5.91 Å². The van der Waals surface area contributed by atoms with Gasteiger partial charge in [-0.05, 0) is 65.4 Å². The van der Waals surface area contributed by atoms with Crippen molar-refractivity contribution < 1.29 is 19.1 Å². The molecular formula is C31H26Cl2N8O4. The lowest BCUT2D eigenvalue weighted by Crippen LogP contribution is -2.37. The first-order chi connectivity index (χ1) is 21.7. The van der Waals surface area contributed by atoms with Crippen LogP contribution in [-0.2, 0) is 16.2 Å². The second-order valence-electron chi connectivity index (χ2n) is 9.76. The summed E-state index contributed by atoms with van der Waals surface area (Å²) in [6.07, 6.45) is 2.84. The van der Waals surface area contributed by atoms with Gasteiger partial charge in [-0.15, -0.1) is 0 Å². The largest absolute Gasteiger partial charge is 0.487 e. The summed E-state index contributed by atoms with van der Waals surface area (Å²) in [7, 11) is 1.55. The number of likely N-dealkylation sites (N-methyl/N-ethyl adjacent to an activating group) is 1. The van der Waals surface area contributed by atoms with E-state index in [-0.39, 0.29) is 24.1 Å². The highest BCUT2D eigenvalue weighted by molar-refractivity contribution is 6.38. The van der Waals surface area contributed by atoms with E-state index >= 15 is 0 Å². The molecule has 0 aliphatic carbocycles. The van der Waals surface area contributed by atoms with Crippen LogP contribution in [0, 0.1) is 6.92 Å². The molecule has 0 aliphatic heterocycles. The zero-order valence-electron chi connectivity index (χ0n) is 24.0. The number of ether oxygens (including phenoxy) is 1. The van der Waals surface area contributed by atoms with Crippen molar-refractivity contribution in [3.05, 3.63) is 105 Å². The van der Waals surface area contributed by atoms with Crippen LogP contribution < -0.4 is 20.3 Å². The number of carbonyl (C=O) groups excluding carboxylic acids is 3. The van der Waals surface area contributed by atoms with Crippen molar-refractivity contribution in [2.24, 2.45) is 0 Å². The summed E-state index contributed by atoms with van der Waals surface area (Å²) in [5.74, 6) is -0.582. The molecule has 0 spiro atoms. The van der Waals surface area contributed by atoms with E-state index in [1.54, 1.807) is 49.5 Å². The van der Waals surface area contributed by atoms with Crippen LogP contribution in [0.2, 0.25) is 10.0 Å². The average Bonchev–Trinajstić information content (AvgIpc) is 3.55. The van der Waals surface area contributed by atoms with Crippen LogP contribution in [0.3, 0.4) is 0 Å². The van der Waals surface area contributed by atoms with E-state index in [1.807, 2.05) is 37.3 Å². The number of pyridine rings is 1. The number of hydrogen-bond donors (Lipinski definition) is 3. The van der Waals surface area contributed by atoms with Crippen molar-refractivity contribution in [2.45, 2.75) is 13.5 Å². The van der Waals surface area contributed by atoms with Crippen LogP contribution >= 0.6 is 23.2 Å². The van der Waals surface area contributed by atoms with Gasteiger partial charge in [0.1, 0.15) is 17.9 Å². The van der Waals surface area contributed by atoms with Crippen molar-refractivity contribution in [1.82, 2.24) is 30.9 Å². The number of aromatic nitrogens is 5. The standard InChI is InChI=1S/C31H26Cl2N8O4/c1-18-6-10-20-4-3-5-25(29(20)35-18)45-17-22-23(32)13-14-24(28(22)33)41(2)27(43)16-34-26(42)15-9-19-7-11-21(12-8-19)30(44)36-31-37-39-40-38-31/h3-15H,16-17H2,1-2H3,(H,34,42)(H2,36,37,38,39,40,44)/b15-9+. The molecular weight excluding hydrogens is 619 g/mol. The SMILES string of the molecule is Cc1ccc2cccc(OCc3c(Cl)ccc(N(C)C(=O)CNC(=O)/C=C/c4ccc(C(=O)Nc5nnn[nH]5)cc4)c3Cl)c2n1. The van der Waals surface area contributed by atoms with Crippen molar-refractivity contribution >= 4 is 69.5 Å². The third-order valence-electron chi connectivity index (χ3n) is 6.69. The number of benzene rings is 3. The number of nitrogens with zero attached hydrogens (tertiary/aromatic N) is 5. The molecule has 5 rings (SSSR count). The predicted octanol–water partition coefficient (Wildman–Crippen LogP) is 4.99. The Bertz CT molecular complexity index is 1900. The molecule has 3 aromatic carbocycles. The lowest BCUT2D eigenvalue weighted by molar-refractivity contribution is -0.122. The molecule has 2 aromatic heterocycles. The lowest BCUT2D eigenvalue weighted by Gasteiger charge is -2.21. The van der Waals surface area contributed by atoms with Gasteiger partial charge in [-0.1, -0.05) is 58.6 Å². The molecule has 0 saturated carbocycles. The average molecular weight is 646 g/mol. The molecule has 228 valence electrons. The molecule has 0 aliphatic rings. The highest BCUT2D eigenvalue weighted by atomic mass is 35.5. The number of carbonyl (C=O) groups is 3. The molecule has 2 heterocycles. The molecule has 0 fully saturated rings. The van der Waals surface area contributed by atoms with E-state index in [1.165, 1.54) is 11.0 Å². The number of aromatic amines is 1. The smallest absolute Gasteiger partial charge is 0.258 e. The van der Waals surface area contributed by atoms with E-state index in [0.717, 1.165) is 16.6 Å². The number of anilines is 2. The van der Waals surface area contributed by atoms with Crippen LogP contribution in [0.1, 0.15) is 27.2 Å². The second-order valence-corrected chi connectivity index (χ2v) is 10.5. The molecule has 14 heteroatoms. The Morgan fingerprint density at radius 2 is 1.82 bits per heavy atom. The summed E-state index contributed by atoms with van der Waals surface area (Å²) in [5.41, 5.74) is 3.54. The van der Waals surface area contributed by atoms with Crippen molar-refractivity contribution in [3.8, 4) is 5.75 Å². The maximum Gasteiger partial charge on any atom is 0.258 e. The van der Waals surface area contributed by atoms with Crippen molar-refractivity contribution in [1.29, 1.82) is 0 Å². The van der Waals surface area contributed by atoms with Gasteiger partial charge in [-0.25, -0.2) is 10.1 Å². The van der Waals surface area contributed by atoms with Crippen LogP contribution in [0.15, 0.2) is 72.8 Å². The number of tetrazole rings is 1. The zero-order chi connectivity index (χ0) is 31.9. The van der Waals surface area contributed by atoms with E-state index in [2.05, 4.69) is 36.2 Å². The molecule has 3 amide bonds. The first kappa shape index (κ1) is 31.1. The Morgan fingerprint density at radius 1 is 1.02 bits per heavy atom. The van der Waals surface area contributed by atoms with E-state index in [9.17, 15) is 14.4 Å². The Balaban J connectivity index is 1.17. The molecule has 5 aromatic rings. The number of rotatable bonds is 10. The fraction of sp³-hybridized carbons (Fsp3) is 0.129. The summed E-state index contributed by atoms with van der Waals surface area (Å²) >= 11 is 13.2. The summed E-state index contributed by atoms with van der Waals surface area (Å²) in [6.45, 7) is 1.68. The zero-order valence-corrected chi connectivity index (χ0v) is 25.6. The molecule has 0 atom stereocenters. The van der Waals surface area contributed by atoms with Gasteiger partial charge in [-0.2, -0.15) is 0 Å². The topological polar surface area (TPSA) is 155 Å². The molecule has 0 bridgehead atoms. The Kier molecular flexibility index (Phi) is 9.66. The van der Waals surface area contributed by atoms with Gasteiger partial charge in [0, 0.05) is 40.4 Å². The third-order valence-corrected chi connectivity index (χ3v) is 7.46. The van der Waals surface area contributed by atoms with Gasteiger partial charge in [-0.3, -0.25) is 19.7 Å². The first-order valence-electron chi connectivity index (χ1n) is 13.5. The second kappa shape index (κ2) is 14.0. The van der Waals surface area contributed by atoms with E-state index < -0.39 is 17.7 Å². The van der Waals surface area contributed by atoms with Crippen molar-refractivity contribution in [3.63, 3.8) is 0 Å². The minimum atomic E-state index is -0.480. The molecule has 45 heavy (non-hydrogen) atoms. The monoisotopic (exact) mass is 644 g/mol. The normalized spacial score (nSPS) is 11.0. The third kappa shape index (κ3) is 7.61. The number of halogens is 2. The van der Waals surface area contributed by atoms with Crippen LogP contribution in [-0.4, -0.2) is 56.9 Å². The van der Waals surface area contributed by atoms with Gasteiger partial charge >= 0.3 is 0 Å². The summed E-state index contributed by atoms with van der Waals surface area (Å²) in [5, 5.41) is 19.5. The van der Waals surface area contributed by atoms with Crippen LogP contribution in [0.4, 0.5) is 11.6 Å². The molecule has 3 N–H and O–H groups in total. The van der Waals surface area contributed by atoms with Gasteiger partial charge in [0.15, 0.2) is 0 Å². The van der Waals surface area contributed by atoms with Crippen LogP contribution in [0.5, 0.6) is 5.75 Å². The van der Waals surface area contributed by atoms with Crippen LogP contribution in [0.25, 0.3) is 17.0 Å². The Hall–Kier alpha value is -5.33. The molecule has 0 saturated heterocycles. The number of nitrogens with one attached hydrogen (secondary N) is 3. The minimum absolute atomic E-state index is 0.0500. The predicted molar refractivity (Wildman–Crippen MR) is 171 cm³/mol. The van der Waals surface area contributed by atoms with Gasteiger partial charge in [0.2, 0.25) is 17.8 Å². The van der Waals surface area contributed by atoms with Crippen molar-refractivity contribution in [2.75, 3.05) is 23.8 Å². The van der Waals surface area contributed by atoms with E-state index in [4.69, 9.17) is 27.9 Å². The summed E-state index contributed by atoms with van der Waals surface area (Å²) in [6, 6.07) is 19.3. The quantitative estimate of drug-likeness (QED) is 0.180. The number of hydrogen-bond acceptors (Lipinski definition) is 8. The molecule has 12 nitrogen and oxygen atoms in total. The highest BCUT2D eigenvalue weighted by Gasteiger charge is 2.19. The fourth-order valence-corrected chi connectivity index (χ4v) is 4.85. The molecule has 0 radical (unpaired) electrons. The molecule has 0 unspecified atom stereocenters.